The molecule has 19 aromatic rings. The van der Waals surface area contributed by atoms with Gasteiger partial charge in [0.15, 0.2) is 0 Å². The summed E-state index contributed by atoms with van der Waals surface area (Å²) >= 11 is 0. The predicted octanol–water partition coefficient (Wildman–Crippen LogP) is 26.4. The van der Waals surface area contributed by atoms with Gasteiger partial charge in [-0.3, -0.25) is 0 Å². The van der Waals surface area contributed by atoms with Gasteiger partial charge < -0.3 is 43.3 Å². The molecule has 9 aromatic heterocycles. The Balaban J connectivity index is 0.000000161. The van der Waals surface area contributed by atoms with Crippen LogP contribution in [0.3, 0.4) is 0 Å². The van der Waals surface area contributed by atoms with Gasteiger partial charge in [-0.15, -0.1) is 179 Å². The van der Waals surface area contributed by atoms with Crippen LogP contribution in [0.4, 0.5) is 0 Å². The monoisotopic (exact) mass is 2190 g/mol. The van der Waals surface area contributed by atoms with E-state index in [1.54, 1.807) is 48.8 Å². The zero-order valence-electron chi connectivity index (χ0n) is 86.2. The van der Waals surface area contributed by atoms with Gasteiger partial charge in [-0.1, -0.05) is 247 Å². The number of hydrogen-bond acceptors (Lipinski definition) is 8. The summed E-state index contributed by atoms with van der Waals surface area (Å²) in [6.07, 6.45) is 10.0. The Bertz CT molecular complexity index is 7510. The molecule has 0 saturated heterocycles. The molecule has 0 N–H and O–H groups in total. The molecule has 0 aliphatic heterocycles. The first-order chi connectivity index (χ1) is 64.1. The summed E-state index contributed by atoms with van der Waals surface area (Å²) in [5.74, 6) is 1.10. The van der Waals surface area contributed by atoms with Crippen LogP contribution < -0.4 is 15.6 Å². The fourth-order valence-corrected chi connectivity index (χ4v) is 19.2. The van der Waals surface area contributed by atoms with Crippen LogP contribution in [0.25, 0.3) is 139 Å². The molecule has 0 amide bonds. The molecule has 122 heavy (non-hydrogen) atoms. The van der Waals surface area contributed by atoms with Crippen LogP contribution in [0.2, 0.25) is 58.9 Å². The van der Waals surface area contributed by atoms with E-state index in [0.717, 1.165) is 84.1 Å². The Kier molecular flexibility index (Phi) is 24.5. The number of benzene rings is 10. The summed E-state index contributed by atoms with van der Waals surface area (Å²) in [6.45, 7) is 32.7. The fourth-order valence-electron chi connectivity index (χ4n) is 14.2. The van der Waals surface area contributed by atoms with Crippen molar-refractivity contribution in [2.75, 3.05) is 0 Å². The van der Waals surface area contributed by atoms with E-state index in [9.17, 15) is 0 Å². The van der Waals surface area contributed by atoms with Crippen LogP contribution in [0.1, 0.15) is 72.2 Å². The average molecular weight is 2190 g/mol. The van der Waals surface area contributed by atoms with Gasteiger partial charge in [0.1, 0.15) is 11.2 Å². The Morgan fingerprint density at radius 2 is 0.803 bits per heavy atom. The van der Waals surface area contributed by atoms with E-state index >= 15 is 0 Å². The first kappa shape index (κ1) is 71.6. The summed E-state index contributed by atoms with van der Waals surface area (Å²) in [7, 11) is -4.24. The minimum absolute atomic E-state index is 0. The number of hydrogen-bond donors (Lipinski definition) is 0. The quantitative estimate of drug-likeness (QED) is 0.0830. The second-order valence-electron chi connectivity index (χ2n) is 32.4. The maximum absolute atomic E-state index is 7.75. The van der Waals surface area contributed by atoms with Crippen molar-refractivity contribution in [3.8, 4) is 73.2 Å². The number of furan rings is 2. The normalized spacial score (nSPS) is 13.0. The first-order valence-corrected chi connectivity index (χ1v) is 50.0. The summed E-state index contributed by atoms with van der Waals surface area (Å²) in [5, 5.41) is 11.4. The van der Waals surface area contributed by atoms with Crippen LogP contribution in [0.5, 0.6) is 0 Å². The Morgan fingerprint density at radius 1 is 0.361 bits per heavy atom. The number of aromatic nitrogens is 7. The van der Waals surface area contributed by atoms with Gasteiger partial charge in [-0.25, -0.2) is 0 Å². The van der Waals surface area contributed by atoms with Crippen LogP contribution in [-0.2, 0) is 66.7 Å². The standard InChI is InChI=1S/C29H29N2Si.C24H26NOSi.C21H20NOSi.3C11H8N.3Ir/c1-20(2)24-18-26(30-19-29(24)32(3,4)5)21-15-16-28-25(17-21)23-13-9-10-14-27(23)31(28)22-11-7-6-8-12-22;1-16(2)12-18-14-21(25-15-24(18)27(3,4)5)17-10-11-23-20(13-17)19-8-6-7-9-22(19)26-23;1-14-11-18(22-13-21(14)24(2,3)4)15-9-10-20-17(12-15)16-7-5-6-8-19(16)23-20;3*1-2-6-10(7-3-1)11-8-4-5-9-12-11;;;/h6-14,16-20H,1-5H3;6-9,11,13-16H,12H2,1-5H3;5-8,10-13H,1-4H3;3*1-6,8-9H;;;/q6*-1;;;/i;;;1D,2D,3D,4D,5D,6D,8D,9D;2*1D,2D,3D,6D;;;. The molecule has 19 rings (SSSR count). The molecule has 619 valence electrons. The minimum Gasteiger partial charge on any atom is -0.500 e. The van der Waals surface area contributed by atoms with Crippen molar-refractivity contribution in [3.63, 3.8) is 0 Å². The second-order valence-corrected chi connectivity index (χ2v) is 47.5. The van der Waals surface area contributed by atoms with Crippen molar-refractivity contribution in [2.45, 2.75) is 106 Å². The first-order valence-electron chi connectivity index (χ1n) is 47.5. The van der Waals surface area contributed by atoms with E-state index in [0.29, 0.717) is 34.4 Å². The van der Waals surface area contributed by atoms with Gasteiger partial charge in [-0.05, 0) is 143 Å². The van der Waals surface area contributed by atoms with Gasteiger partial charge in [-0.2, -0.15) is 0 Å². The number of para-hydroxylation sites is 4. The summed E-state index contributed by atoms with van der Waals surface area (Å²) < 4.78 is 135. The number of aryl methyl sites for hydroxylation is 1. The summed E-state index contributed by atoms with van der Waals surface area (Å²) in [6, 6.07) is 78.1. The van der Waals surface area contributed by atoms with E-state index in [1.807, 2.05) is 42.5 Å². The van der Waals surface area contributed by atoms with Crippen LogP contribution in [0, 0.1) is 49.2 Å². The van der Waals surface area contributed by atoms with Crippen molar-refractivity contribution in [3.05, 3.63) is 375 Å². The fraction of sp³-hybridized carbons (Fsp3) is 0.159. The van der Waals surface area contributed by atoms with Crippen LogP contribution >= 0.6 is 0 Å². The third-order valence-corrected chi connectivity index (χ3v) is 26.1. The van der Waals surface area contributed by atoms with E-state index in [1.165, 1.54) is 59.7 Å². The molecule has 9 nitrogen and oxygen atoms in total. The van der Waals surface area contributed by atoms with Crippen molar-refractivity contribution >= 4 is 105 Å². The third kappa shape index (κ3) is 22.5. The van der Waals surface area contributed by atoms with Crippen LogP contribution in [0.15, 0.2) is 331 Å². The molecular formula is C107H99Ir3N7O2Si3-6. The Labute approximate surface area is 785 Å². The zero-order valence-corrected chi connectivity index (χ0v) is 80.4. The average Bonchev–Trinajstić information content (AvgIpc) is 1.59. The maximum Gasteiger partial charge on any atom is 0.120 e. The molecule has 0 aliphatic rings. The molecule has 0 fully saturated rings. The van der Waals surface area contributed by atoms with E-state index < -0.39 is 72.7 Å². The molecular weight excluding hydrogens is 2080 g/mol. The molecule has 0 atom stereocenters. The minimum atomic E-state index is -1.45. The number of nitrogens with zero attached hydrogens (tertiary/aromatic N) is 7. The number of pyridine rings is 6. The van der Waals surface area contributed by atoms with Gasteiger partial charge in [0.25, 0.3) is 0 Å². The largest absolute Gasteiger partial charge is 0.500 e. The topological polar surface area (TPSA) is 109 Å². The molecule has 15 heteroatoms. The zero-order chi connectivity index (χ0) is 97.1. The SMILES string of the molecule is CC(C)Cc1cc(-c2[c-]cc3oc4ccccc4c3c2)ncc1[Si](C)(C)C.CC(C)c1cc(-c2[c-]cc3c(c2)c2ccccc2n3-c2ccccc2)ncc1[Si](C)(C)C.Cc1cc(-c2[c-]cc3oc4ccccc4c3c2)ncc1[Si](C)(C)C.[2H]c1[c-]c(-c2ccccn2)c([2H])c([2H])c1[2H].[2H]c1[c-]c(-c2ccccn2)c([2H])c([2H])c1[2H].[2H]c1[c-]c(-c2nc([2H])c([2H])c([2H])c2[2H])c([2H])c([2H])c1[2H].[Ir].[Ir].[Ir]. The molecule has 3 radical (unpaired) electrons. The number of fused-ring (bicyclic) bond motifs is 9. The Morgan fingerprint density at radius 3 is 1.30 bits per heavy atom. The van der Waals surface area contributed by atoms with Crippen LogP contribution in [-0.4, -0.2) is 58.7 Å². The number of rotatable bonds is 13. The summed E-state index contributed by atoms with van der Waals surface area (Å²) in [4.78, 5) is 26.2. The Hall–Kier alpha value is -10.9. The molecule has 0 spiro atoms. The van der Waals surface area contributed by atoms with E-state index in [-0.39, 0.29) is 120 Å². The summed E-state index contributed by atoms with van der Waals surface area (Å²) in [5.41, 5.74) is 18.6. The molecule has 0 unspecified atom stereocenters. The van der Waals surface area contributed by atoms with Crippen molar-refractivity contribution < 1.29 is 91.1 Å². The molecule has 9 heterocycles. The second kappa shape index (κ2) is 41.8. The van der Waals surface area contributed by atoms with E-state index in [4.69, 9.17) is 45.7 Å². The van der Waals surface area contributed by atoms with Crippen molar-refractivity contribution in [2.24, 2.45) is 5.92 Å². The van der Waals surface area contributed by atoms with Crippen molar-refractivity contribution in [1.29, 1.82) is 0 Å². The van der Waals surface area contributed by atoms with Gasteiger partial charge in [0.05, 0.1) is 40.9 Å². The smallest absolute Gasteiger partial charge is 0.120 e. The molecule has 0 saturated carbocycles. The maximum atomic E-state index is 7.75. The van der Waals surface area contributed by atoms with Crippen molar-refractivity contribution in [1.82, 2.24) is 34.5 Å². The van der Waals surface area contributed by atoms with Gasteiger partial charge >= 0.3 is 0 Å². The molecule has 10 aromatic carbocycles. The predicted molar refractivity (Wildman–Crippen MR) is 506 cm³/mol. The van der Waals surface area contributed by atoms with E-state index in [2.05, 4.69) is 283 Å². The molecule has 0 bridgehead atoms. The molecule has 0 aliphatic carbocycles. The van der Waals surface area contributed by atoms with Gasteiger partial charge in [0.2, 0.25) is 0 Å². The van der Waals surface area contributed by atoms with Gasteiger partial charge in [0, 0.05) is 128 Å². The third-order valence-electron chi connectivity index (χ3n) is 19.8.